The monoisotopic (exact) mass is 412 g/mol. The first-order chi connectivity index (χ1) is 14.0. The fourth-order valence-electron chi connectivity index (χ4n) is 3.75. The van der Waals surface area contributed by atoms with Gasteiger partial charge in [-0.1, -0.05) is 5.16 Å². The van der Waals surface area contributed by atoms with Gasteiger partial charge in [-0.05, 0) is 37.3 Å². The fraction of sp³-hybridized carbons (Fsp3) is 0.632. The van der Waals surface area contributed by atoms with Crippen LogP contribution in [0.3, 0.4) is 0 Å². The summed E-state index contributed by atoms with van der Waals surface area (Å²) in [6, 6.07) is 1.11. The van der Waals surface area contributed by atoms with Crippen LogP contribution in [0.4, 0.5) is 13.2 Å². The van der Waals surface area contributed by atoms with Gasteiger partial charge in [-0.3, -0.25) is 10.3 Å². The van der Waals surface area contributed by atoms with Gasteiger partial charge in [0.15, 0.2) is 5.82 Å². The van der Waals surface area contributed by atoms with Crippen molar-refractivity contribution >= 4 is 0 Å². The number of rotatable bonds is 5. The van der Waals surface area contributed by atoms with E-state index in [1.54, 1.807) is 0 Å². The molecule has 0 radical (unpaired) electrons. The van der Waals surface area contributed by atoms with E-state index in [1.165, 1.54) is 6.20 Å². The Hall–Kier alpha value is -2.04. The van der Waals surface area contributed by atoms with E-state index in [1.807, 2.05) is 0 Å². The smallest absolute Gasteiger partial charge is 0.381 e. The number of halogens is 3. The molecule has 7 nitrogen and oxygen atoms in total. The minimum atomic E-state index is -4.43. The molecule has 2 aliphatic rings. The maximum atomic E-state index is 13.0. The van der Waals surface area contributed by atoms with Gasteiger partial charge in [0.05, 0.1) is 5.56 Å². The molecule has 2 saturated heterocycles. The molecule has 0 bridgehead atoms. The summed E-state index contributed by atoms with van der Waals surface area (Å²) in [5.41, 5.74) is -0.963. The highest BCUT2D eigenvalue weighted by atomic mass is 19.4. The molecule has 2 fully saturated rings. The second kappa shape index (κ2) is 8.37. The molecule has 158 valence electrons. The maximum absolute atomic E-state index is 13.0. The van der Waals surface area contributed by atoms with E-state index in [0.717, 1.165) is 25.1 Å². The third-order valence-electron chi connectivity index (χ3n) is 5.54. The average molecular weight is 412 g/mol. The molecule has 2 aromatic rings. The summed E-state index contributed by atoms with van der Waals surface area (Å²) < 4.78 is 55.4. The lowest BCUT2D eigenvalue weighted by molar-refractivity contribution is -0.137. The fourth-order valence-corrected chi connectivity index (χ4v) is 3.75. The Morgan fingerprint density at radius 1 is 1.07 bits per heavy atom. The SMILES string of the molecule is FC(F)(F)c1cncc(CNC2(c3nc(C4CCOCC4)no3)CCOCC2)c1. The van der Waals surface area contributed by atoms with Crippen LogP contribution in [-0.2, 0) is 27.7 Å². The lowest BCUT2D eigenvalue weighted by Gasteiger charge is -2.35. The topological polar surface area (TPSA) is 82.3 Å². The van der Waals surface area contributed by atoms with Crippen molar-refractivity contribution in [3.05, 3.63) is 41.3 Å². The largest absolute Gasteiger partial charge is 0.417 e. The third kappa shape index (κ3) is 4.59. The Bertz CT molecular complexity index is 815. The Balaban J connectivity index is 1.52. The second-order valence-electron chi connectivity index (χ2n) is 7.47. The second-order valence-corrected chi connectivity index (χ2v) is 7.47. The van der Waals surface area contributed by atoms with Gasteiger partial charge in [0, 0.05) is 51.3 Å². The van der Waals surface area contributed by atoms with E-state index >= 15 is 0 Å². The van der Waals surface area contributed by atoms with Crippen molar-refractivity contribution in [1.29, 1.82) is 0 Å². The van der Waals surface area contributed by atoms with Gasteiger partial charge in [-0.25, -0.2) is 0 Å². The van der Waals surface area contributed by atoms with Crippen LogP contribution in [0.15, 0.2) is 23.0 Å². The Morgan fingerprint density at radius 3 is 2.52 bits per heavy atom. The van der Waals surface area contributed by atoms with Crippen molar-refractivity contribution in [1.82, 2.24) is 20.4 Å². The number of nitrogens with one attached hydrogen (secondary N) is 1. The number of alkyl halides is 3. The molecule has 2 aromatic heterocycles. The van der Waals surface area contributed by atoms with Crippen LogP contribution < -0.4 is 5.32 Å². The normalized spacial score (nSPS) is 20.7. The highest BCUT2D eigenvalue weighted by molar-refractivity contribution is 5.21. The summed E-state index contributed by atoms with van der Waals surface area (Å²) in [6.07, 6.45) is 0.702. The first-order valence-electron chi connectivity index (χ1n) is 9.72. The lowest BCUT2D eigenvalue weighted by atomic mass is 9.89. The predicted octanol–water partition coefficient (Wildman–Crippen LogP) is 3.17. The molecular weight excluding hydrogens is 389 g/mol. The van der Waals surface area contributed by atoms with Gasteiger partial charge in [0.25, 0.3) is 0 Å². The number of nitrogens with zero attached hydrogens (tertiary/aromatic N) is 3. The van der Waals surface area contributed by atoms with Crippen LogP contribution in [0.2, 0.25) is 0 Å². The van der Waals surface area contributed by atoms with Gasteiger partial charge in [0.2, 0.25) is 5.89 Å². The third-order valence-corrected chi connectivity index (χ3v) is 5.54. The van der Waals surface area contributed by atoms with Gasteiger partial charge >= 0.3 is 6.18 Å². The van der Waals surface area contributed by atoms with Crippen molar-refractivity contribution in [2.24, 2.45) is 0 Å². The van der Waals surface area contributed by atoms with E-state index in [4.69, 9.17) is 14.0 Å². The van der Waals surface area contributed by atoms with Crippen LogP contribution in [0.5, 0.6) is 0 Å². The van der Waals surface area contributed by atoms with E-state index in [2.05, 4.69) is 20.4 Å². The van der Waals surface area contributed by atoms with Crippen LogP contribution in [0.25, 0.3) is 0 Å². The molecule has 0 aromatic carbocycles. The molecule has 0 unspecified atom stereocenters. The summed E-state index contributed by atoms with van der Waals surface area (Å²) in [5, 5.41) is 7.53. The number of aromatic nitrogens is 3. The van der Waals surface area contributed by atoms with Crippen molar-refractivity contribution in [3.63, 3.8) is 0 Å². The van der Waals surface area contributed by atoms with E-state index in [-0.39, 0.29) is 12.5 Å². The van der Waals surface area contributed by atoms with Crippen molar-refractivity contribution in [2.45, 2.75) is 49.9 Å². The Morgan fingerprint density at radius 2 is 1.79 bits per heavy atom. The maximum Gasteiger partial charge on any atom is 0.417 e. The Kier molecular flexibility index (Phi) is 5.84. The molecule has 10 heteroatoms. The van der Waals surface area contributed by atoms with Gasteiger partial charge in [0.1, 0.15) is 5.54 Å². The molecule has 0 saturated carbocycles. The van der Waals surface area contributed by atoms with E-state index in [9.17, 15) is 13.2 Å². The zero-order valence-corrected chi connectivity index (χ0v) is 15.9. The van der Waals surface area contributed by atoms with Crippen LogP contribution in [0.1, 0.15) is 54.4 Å². The lowest BCUT2D eigenvalue weighted by Crippen LogP contribution is -2.46. The predicted molar refractivity (Wildman–Crippen MR) is 94.9 cm³/mol. The molecule has 29 heavy (non-hydrogen) atoms. The summed E-state index contributed by atoms with van der Waals surface area (Å²) in [5.74, 6) is 1.32. The Labute approximate surface area is 166 Å². The molecular formula is C19H23F3N4O3. The first-order valence-corrected chi connectivity index (χ1v) is 9.72. The van der Waals surface area contributed by atoms with Crippen LogP contribution >= 0.6 is 0 Å². The van der Waals surface area contributed by atoms with Gasteiger partial charge in [-0.2, -0.15) is 18.2 Å². The minimum absolute atomic E-state index is 0.200. The standard InChI is InChI=1S/C19H23F3N4O3/c20-19(21,22)15-9-13(10-23-12-15)11-24-18(3-7-28-8-4-18)17-25-16(26-29-17)14-1-5-27-6-2-14/h9-10,12,14,24H,1-8,11H2. The molecule has 0 spiro atoms. The van der Waals surface area contributed by atoms with E-state index < -0.39 is 17.3 Å². The van der Waals surface area contributed by atoms with Gasteiger partial charge < -0.3 is 14.0 Å². The molecule has 0 amide bonds. The van der Waals surface area contributed by atoms with Gasteiger partial charge in [-0.15, -0.1) is 0 Å². The number of pyridine rings is 1. The molecule has 4 heterocycles. The first kappa shape index (κ1) is 20.2. The summed E-state index contributed by atoms with van der Waals surface area (Å²) in [7, 11) is 0. The van der Waals surface area contributed by atoms with Crippen molar-refractivity contribution < 1.29 is 27.2 Å². The van der Waals surface area contributed by atoms with E-state index in [0.29, 0.717) is 56.5 Å². The summed E-state index contributed by atoms with van der Waals surface area (Å²) in [6.45, 7) is 2.56. The number of hydrogen-bond donors (Lipinski definition) is 1. The highest BCUT2D eigenvalue weighted by Gasteiger charge is 2.40. The quantitative estimate of drug-likeness (QED) is 0.808. The highest BCUT2D eigenvalue weighted by Crippen LogP contribution is 2.34. The minimum Gasteiger partial charge on any atom is -0.381 e. The molecule has 2 aliphatic heterocycles. The zero-order chi connectivity index (χ0) is 20.3. The summed E-state index contributed by atoms with van der Waals surface area (Å²) in [4.78, 5) is 8.38. The van der Waals surface area contributed by atoms with Crippen LogP contribution in [0, 0.1) is 0 Å². The number of ether oxygens (including phenoxy) is 2. The molecule has 0 atom stereocenters. The van der Waals surface area contributed by atoms with Crippen molar-refractivity contribution in [2.75, 3.05) is 26.4 Å². The zero-order valence-electron chi connectivity index (χ0n) is 15.9. The number of hydrogen-bond acceptors (Lipinski definition) is 7. The van der Waals surface area contributed by atoms with Crippen molar-refractivity contribution in [3.8, 4) is 0 Å². The average Bonchev–Trinajstić information content (AvgIpc) is 3.24. The van der Waals surface area contributed by atoms with Crippen LogP contribution in [-0.4, -0.2) is 41.6 Å². The molecule has 0 aliphatic carbocycles. The summed E-state index contributed by atoms with van der Waals surface area (Å²) >= 11 is 0. The molecule has 4 rings (SSSR count). The molecule has 1 N–H and O–H groups in total.